The van der Waals surface area contributed by atoms with Crippen LogP contribution in [0.25, 0.3) is 0 Å². The van der Waals surface area contributed by atoms with E-state index >= 15 is 0 Å². The molecule has 2 bridgehead atoms. The molecule has 2 saturated heterocycles. The van der Waals surface area contributed by atoms with Gasteiger partial charge in [-0.15, -0.1) is 0 Å². The molecule has 4 heteroatoms. The lowest BCUT2D eigenvalue weighted by atomic mass is 9.59. The molecular formula is C13H24N2O2. The molecular weight excluding hydrogens is 216 g/mol. The van der Waals surface area contributed by atoms with Crippen LogP contribution in [0.1, 0.15) is 33.6 Å². The van der Waals surface area contributed by atoms with Crippen LogP contribution in [0.5, 0.6) is 0 Å². The maximum atomic E-state index is 12.0. The van der Waals surface area contributed by atoms with Crippen molar-refractivity contribution in [2.45, 2.75) is 39.2 Å². The number of amides is 1. The minimum Gasteiger partial charge on any atom is -0.444 e. The van der Waals surface area contributed by atoms with Crippen molar-refractivity contribution >= 4 is 6.09 Å². The Bertz CT molecular complexity index is 298. The van der Waals surface area contributed by atoms with Gasteiger partial charge in [-0.25, -0.2) is 4.79 Å². The van der Waals surface area contributed by atoms with Gasteiger partial charge in [-0.1, -0.05) is 0 Å². The van der Waals surface area contributed by atoms with Crippen molar-refractivity contribution in [2.24, 2.45) is 11.3 Å². The summed E-state index contributed by atoms with van der Waals surface area (Å²) >= 11 is 0. The lowest BCUT2D eigenvalue weighted by Crippen LogP contribution is -2.61. The Balaban J connectivity index is 1.93. The van der Waals surface area contributed by atoms with Gasteiger partial charge in [0.15, 0.2) is 0 Å². The Morgan fingerprint density at radius 1 is 1.47 bits per heavy atom. The molecule has 3 aliphatic rings. The van der Waals surface area contributed by atoms with E-state index in [1.807, 2.05) is 32.7 Å². The van der Waals surface area contributed by atoms with E-state index in [0.29, 0.717) is 11.3 Å². The van der Waals surface area contributed by atoms with E-state index in [-0.39, 0.29) is 6.09 Å². The number of fused-ring (bicyclic) bond motifs is 2. The molecule has 17 heavy (non-hydrogen) atoms. The third-order valence-electron chi connectivity index (χ3n) is 3.65. The highest BCUT2D eigenvalue weighted by Gasteiger charge is 2.51. The summed E-state index contributed by atoms with van der Waals surface area (Å²) < 4.78 is 5.44. The molecule has 0 aromatic heterocycles. The van der Waals surface area contributed by atoms with E-state index in [2.05, 4.69) is 5.32 Å². The van der Waals surface area contributed by atoms with Crippen molar-refractivity contribution in [1.29, 1.82) is 0 Å². The van der Waals surface area contributed by atoms with Crippen LogP contribution < -0.4 is 5.32 Å². The molecule has 4 nitrogen and oxygen atoms in total. The van der Waals surface area contributed by atoms with Gasteiger partial charge in [0, 0.05) is 25.0 Å². The van der Waals surface area contributed by atoms with E-state index in [0.717, 1.165) is 19.6 Å². The summed E-state index contributed by atoms with van der Waals surface area (Å²) in [6.45, 7) is 8.47. The molecule has 1 amide bonds. The van der Waals surface area contributed by atoms with E-state index in [4.69, 9.17) is 4.74 Å². The number of carbonyl (C=O) groups excluding carboxylic acids is 1. The Kier molecular flexibility index (Phi) is 3.10. The SMILES string of the molecule is CNCC12CC(CN(C(=O)OC(C)(C)C)C1)C2. The van der Waals surface area contributed by atoms with Crippen LogP contribution in [-0.2, 0) is 4.74 Å². The normalized spacial score (nSPS) is 32.0. The van der Waals surface area contributed by atoms with Gasteiger partial charge in [-0.2, -0.15) is 0 Å². The van der Waals surface area contributed by atoms with Crippen LogP contribution in [0.4, 0.5) is 4.79 Å². The summed E-state index contributed by atoms with van der Waals surface area (Å²) in [6, 6.07) is 0. The zero-order valence-corrected chi connectivity index (χ0v) is 11.4. The second-order valence-corrected chi connectivity index (χ2v) is 6.67. The van der Waals surface area contributed by atoms with E-state index in [1.54, 1.807) is 0 Å². The van der Waals surface area contributed by atoms with Crippen LogP contribution in [0.3, 0.4) is 0 Å². The van der Waals surface area contributed by atoms with Crippen LogP contribution in [0, 0.1) is 11.3 Å². The molecule has 0 aromatic rings. The highest BCUT2D eigenvalue weighted by molar-refractivity contribution is 5.68. The number of carbonyl (C=O) groups is 1. The fourth-order valence-electron chi connectivity index (χ4n) is 3.25. The molecule has 3 rings (SSSR count). The van der Waals surface area contributed by atoms with Gasteiger partial charge >= 0.3 is 6.09 Å². The molecule has 0 atom stereocenters. The van der Waals surface area contributed by atoms with Gasteiger partial charge in [-0.3, -0.25) is 0 Å². The smallest absolute Gasteiger partial charge is 0.410 e. The second kappa shape index (κ2) is 4.16. The van der Waals surface area contributed by atoms with Gasteiger partial charge in [0.2, 0.25) is 0 Å². The van der Waals surface area contributed by atoms with Crippen LogP contribution in [0.2, 0.25) is 0 Å². The molecule has 1 saturated carbocycles. The number of hydrogen-bond donors (Lipinski definition) is 1. The first-order valence-electron chi connectivity index (χ1n) is 6.46. The first-order valence-corrected chi connectivity index (χ1v) is 6.46. The average Bonchev–Trinajstić information content (AvgIpc) is 2.14. The summed E-state index contributed by atoms with van der Waals surface area (Å²) in [6.07, 6.45) is 2.36. The number of nitrogens with one attached hydrogen (secondary N) is 1. The Labute approximate surface area is 104 Å². The maximum absolute atomic E-state index is 12.0. The minimum absolute atomic E-state index is 0.151. The molecule has 2 aliphatic heterocycles. The highest BCUT2D eigenvalue weighted by Crippen LogP contribution is 2.50. The standard InChI is InChI=1S/C13H24N2O2/c1-12(2,3)17-11(16)15-7-10-5-13(6-10,9-15)8-14-4/h10,14H,5-9H2,1-4H3. The highest BCUT2D eigenvalue weighted by atomic mass is 16.6. The molecule has 1 N–H and O–H groups in total. The first-order chi connectivity index (χ1) is 7.84. The van der Waals surface area contributed by atoms with E-state index < -0.39 is 5.60 Å². The molecule has 0 radical (unpaired) electrons. The number of ether oxygens (including phenoxy) is 1. The molecule has 2 heterocycles. The molecule has 0 unspecified atom stereocenters. The van der Waals surface area contributed by atoms with Crippen molar-refractivity contribution in [2.75, 3.05) is 26.7 Å². The van der Waals surface area contributed by atoms with Gasteiger partial charge in [-0.05, 0) is 46.6 Å². The fourth-order valence-corrected chi connectivity index (χ4v) is 3.25. The average molecular weight is 240 g/mol. The quantitative estimate of drug-likeness (QED) is 0.801. The number of hydrogen-bond acceptors (Lipinski definition) is 3. The molecule has 1 aliphatic carbocycles. The van der Waals surface area contributed by atoms with Gasteiger partial charge in [0.25, 0.3) is 0 Å². The predicted octanol–water partition coefficient (Wildman–Crippen LogP) is 1.85. The summed E-state index contributed by atoms with van der Waals surface area (Å²) in [4.78, 5) is 13.9. The van der Waals surface area contributed by atoms with Crippen molar-refractivity contribution in [3.63, 3.8) is 0 Å². The Morgan fingerprint density at radius 2 is 2.12 bits per heavy atom. The van der Waals surface area contributed by atoms with E-state index in [1.165, 1.54) is 12.8 Å². The van der Waals surface area contributed by atoms with Gasteiger partial charge in [0.05, 0.1) is 0 Å². The molecule has 0 spiro atoms. The minimum atomic E-state index is -0.394. The summed E-state index contributed by atoms with van der Waals surface area (Å²) in [5.74, 6) is 0.685. The van der Waals surface area contributed by atoms with Crippen molar-refractivity contribution in [3.05, 3.63) is 0 Å². The van der Waals surface area contributed by atoms with Crippen LogP contribution in [-0.4, -0.2) is 43.3 Å². The number of nitrogens with zero attached hydrogens (tertiary/aromatic N) is 1. The van der Waals surface area contributed by atoms with Gasteiger partial charge in [0.1, 0.15) is 5.60 Å². The second-order valence-electron chi connectivity index (χ2n) is 6.67. The Morgan fingerprint density at radius 3 is 2.65 bits per heavy atom. The molecule has 3 fully saturated rings. The van der Waals surface area contributed by atoms with E-state index in [9.17, 15) is 4.79 Å². The first kappa shape index (κ1) is 12.7. The third kappa shape index (κ3) is 2.73. The fraction of sp³-hybridized carbons (Fsp3) is 0.923. The van der Waals surface area contributed by atoms with Crippen molar-refractivity contribution in [3.8, 4) is 0 Å². The van der Waals surface area contributed by atoms with Gasteiger partial charge < -0.3 is 15.0 Å². The molecule has 98 valence electrons. The van der Waals surface area contributed by atoms with Crippen molar-refractivity contribution < 1.29 is 9.53 Å². The zero-order valence-electron chi connectivity index (χ0n) is 11.4. The number of piperidine rings is 2. The summed E-state index contributed by atoms with van der Waals surface area (Å²) in [7, 11) is 1.98. The third-order valence-corrected chi connectivity index (χ3v) is 3.65. The van der Waals surface area contributed by atoms with Crippen LogP contribution >= 0.6 is 0 Å². The predicted molar refractivity (Wildman–Crippen MR) is 66.9 cm³/mol. The lowest BCUT2D eigenvalue weighted by molar-refractivity contribution is -0.0658. The summed E-state index contributed by atoms with van der Waals surface area (Å²) in [5.41, 5.74) is -0.0799. The van der Waals surface area contributed by atoms with Crippen molar-refractivity contribution in [1.82, 2.24) is 10.2 Å². The maximum Gasteiger partial charge on any atom is 0.410 e. The topological polar surface area (TPSA) is 41.6 Å². The summed E-state index contributed by atoms with van der Waals surface area (Å²) in [5, 5.41) is 3.24. The monoisotopic (exact) mass is 240 g/mol. The Hall–Kier alpha value is -0.770. The zero-order chi connectivity index (χ0) is 12.7. The molecule has 0 aromatic carbocycles. The largest absolute Gasteiger partial charge is 0.444 e. The lowest BCUT2D eigenvalue weighted by Gasteiger charge is -2.56. The van der Waals surface area contributed by atoms with Crippen LogP contribution in [0.15, 0.2) is 0 Å². The number of rotatable bonds is 2.